The normalized spacial score (nSPS) is 17.8. The molecule has 2 aliphatic rings. The van der Waals surface area contributed by atoms with Crippen LogP contribution in [0.4, 0.5) is 13.2 Å². The summed E-state index contributed by atoms with van der Waals surface area (Å²) < 4.78 is 84.7. The number of sulfonamides is 2. The second-order valence-electron chi connectivity index (χ2n) is 10.0. The van der Waals surface area contributed by atoms with Crippen molar-refractivity contribution in [3.05, 3.63) is 82.6 Å². The molecule has 4 rings (SSSR count). The van der Waals surface area contributed by atoms with Crippen LogP contribution in [-0.2, 0) is 31.0 Å². The van der Waals surface area contributed by atoms with Crippen LogP contribution in [-0.4, -0.2) is 104 Å². The Bertz CT molecular complexity index is 1600. The summed E-state index contributed by atoms with van der Waals surface area (Å²) in [4.78, 5) is 34.7. The van der Waals surface area contributed by atoms with Gasteiger partial charge in [0.05, 0.1) is 24.0 Å². The van der Waals surface area contributed by atoms with Crippen molar-refractivity contribution < 1.29 is 49.5 Å². The standard InChI is InChI=1S/C14H14F3NO4S.C8H7ClO.C6H11NO3S.Mg/c1-23(21,22)18-7-6-12(19)11(8-18)13(20)9-2-4-10(5-3-9)14(15,16)17;1-6-2-4-7(5-3-6)8(9)10;1-11(9,10)7-4-2-6(8)3-5-7;/h2-5,11H,6-8H2,1H3;2-5H,1H3;2,8H,3-5H2,1H3;/q;;;+2/p-1. The maximum Gasteiger partial charge on any atom is 2.00 e. The molecule has 1 atom stereocenters. The predicted octanol–water partition coefficient (Wildman–Crippen LogP) is 2.63. The summed E-state index contributed by atoms with van der Waals surface area (Å²) in [5.74, 6) is -2.23. The van der Waals surface area contributed by atoms with Crippen molar-refractivity contribution in [3.8, 4) is 0 Å². The van der Waals surface area contributed by atoms with E-state index in [1.165, 1.54) is 10.4 Å². The average Bonchev–Trinajstić information content (AvgIpc) is 2.92. The molecule has 1 unspecified atom stereocenters. The van der Waals surface area contributed by atoms with E-state index in [-0.39, 0.29) is 60.4 Å². The molecule has 0 aliphatic carbocycles. The summed E-state index contributed by atoms with van der Waals surface area (Å²) in [7, 11) is -6.64. The first-order valence-corrected chi connectivity index (χ1v) is 17.0. The monoisotopic (exact) mass is 703 g/mol. The first-order chi connectivity index (χ1) is 20.2. The van der Waals surface area contributed by atoms with E-state index in [9.17, 15) is 49.5 Å². The van der Waals surface area contributed by atoms with Gasteiger partial charge in [-0.15, -0.1) is 5.76 Å². The summed E-state index contributed by atoms with van der Waals surface area (Å²) in [5, 5.41) is 10.3. The molecule has 0 aromatic heterocycles. The molecule has 2 aromatic carbocycles. The van der Waals surface area contributed by atoms with Gasteiger partial charge in [-0.05, 0) is 49.2 Å². The van der Waals surface area contributed by atoms with Crippen LogP contribution in [0.3, 0.4) is 0 Å². The van der Waals surface area contributed by atoms with Crippen LogP contribution in [0, 0.1) is 12.8 Å². The number of Topliss-reactive ketones (excluding diaryl/α,β-unsaturated/α-hetero) is 2. The van der Waals surface area contributed by atoms with E-state index in [4.69, 9.17) is 11.6 Å². The van der Waals surface area contributed by atoms with E-state index in [2.05, 4.69) is 0 Å². The van der Waals surface area contributed by atoms with Gasteiger partial charge in [0.1, 0.15) is 5.78 Å². The number of carbonyl (C=O) groups excluding carboxylic acids is 3. The van der Waals surface area contributed by atoms with Crippen molar-refractivity contribution in [1.82, 2.24) is 8.61 Å². The molecule has 1 fully saturated rings. The molecule has 0 amide bonds. The van der Waals surface area contributed by atoms with E-state index in [0.29, 0.717) is 18.5 Å². The van der Waals surface area contributed by atoms with Crippen molar-refractivity contribution in [2.45, 2.75) is 25.9 Å². The minimum atomic E-state index is -4.52. The van der Waals surface area contributed by atoms with E-state index in [1.807, 2.05) is 19.1 Å². The van der Waals surface area contributed by atoms with Gasteiger partial charge in [0, 0.05) is 43.7 Å². The molecule has 10 nitrogen and oxygen atoms in total. The zero-order valence-corrected chi connectivity index (χ0v) is 28.5. The van der Waals surface area contributed by atoms with Gasteiger partial charge in [0.2, 0.25) is 20.0 Å². The van der Waals surface area contributed by atoms with Crippen LogP contribution < -0.4 is 5.11 Å². The first-order valence-electron chi connectivity index (χ1n) is 13.0. The fourth-order valence-corrected chi connectivity index (χ4v) is 5.72. The fraction of sp³-hybridized carbons (Fsp3) is 0.393. The van der Waals surface area contributed by atoms with Crippen molar-refractivity contribution in [2.75, 3.05) is 38.7 Å². The number of aryl methyl sites for hydroxylation is 1. The molecule has 2 aliphatic heterocycles. The predicted molar refractivity (Wildman–Crippen MR) is 162 cm³/mol. The molecule has 0 radical (unpaired) electrons. The zero-order chi connectivity index (χ0) is 33.5. The Morgan fingerprint density at radius 2 is 1.36 bits per heavy atom. The Kier molecular flexibility index (Phi) is 15.4. The number of hydrogen-bond donors (Lipinski definition) is 0. The number of nitrogens with zero attached hydrogens (tertiary/aromatic N) is 2. The third-order valence-corrected chi connectivity index (χ3v) is 9.30. The SMILES string of the molecule is CS(=O)(=O)N1CC=C([O-])CC1.CS(=O)(=O)N1CCC(=O)C(C(=O)c2ccc(C(F)(F)F)cc2)C1.Cc1ccc(C(=O)Cl)cc1.[Mg+2]. The molecule has 242 valence electrons. The third kappa shape index (κ3) is 13.1. The Morgan fingerprint density at radius 3 is 1.78 bits per heavy atom. The van der Waals surface area contributed by atoms with E-state index < -0.39 is 54.5 Å². The summed E-state index contributed by atoms with van der Waals surface area (Å²) >= 11 is 5.22. The largest absolute Gasteiger partial charge is 2.00 e. The van der Waals surface area contributed by atoms with Crippen LogP contribution in [0.15, 0.2) is 60.4 Å². The Balaban J connectivity index is 0.000000383. The van der Waals surface area contributed by atoms with Crippen molar-refractivity contribution in [3.63, 3.8) is 0 Å². The van der Waals surface area contributed by atoms with Crippen LogP contribution in [0.2, 0.25) is 0 Å². The number of alkyl halides is 3. The minimum absolute atomic E-state index is 0. The molecule has 0 saturated carbocycles. The molecule has 2 heterocycles. The molecule has 1 saturated heterocycles. The van der Waals surface area contributed by atoms with Crippen molar-refractivity contribution in [2.24, 2.45) is 5.92 Å². The smallest absolute Gasteiger partial charge is 0.876 e. The van der Waals surface area contributed by atoms with Gasteiger partial charge in [-0.1, -0.05) is 35.9 Å². The fourth-order valence-electron chi connectivity index (χ4n) is 3.98. The molecular formula is C28H31ClF3MgN2O8S2+. The van der Waals surface area contributed by atoms with Gasteiger partial charge < -0.3 is 5.11 Å². The molecule has 0 bridgehead atoms. The number of rotatable bonds is 5. The summed E-state index contributed by atoms with van der Waals surface area (Å²) in [6, 6.07) is 10.7. The molecule has 0 N–H and O–H groups in total. The zero-order valence-electron chi connectivity index (χ0n) is 24.7. The van der Waals surface area contributed by atoms with E-state index >= 15 is 0 Å². The maximum atomic E-state index is 12.5. The number of ketones is 2. The first kappa shape index (κ1) is 40.7. The van der Waals surface area contributed by atoms with Crippen molar-refractivity contribution >= 4 is 71.5 Å². The molecule has 2 aromatic rings. The quantitative estimate of drug-likeness (QED) is 0.200. The van der Waals surface area contributed by atoms with Crippen LogP contribution in [0.1, 0.15) is 44.7 Å². The Labute approximate surface area is 281 Å². The molecule has 0 spiro atoms. The maximum absolute atomic E-state index is 12.5. The second-order valence-corrected chi connectivity index (χ2v) is 14.3. The van der Waals surface area contributed by atoms with Crippen LogP contribution in [0.25, 0.3) is 0 Å². The van der Waals surface area contributed by atoms with Gasteiger partial charge in [0.25, 0.3) is 5.24 Å². The third-order valence-electron chi connectivity index (χ3n) is 6.54. The molecular weight excluding hydrogens is 673 g/mol. The Morgan fingerprint density at radius 1 is 0.867 bits per heavy atom. The van der Waals surface area contributed by atoms with Crippen molar-refractivity contribution in [1.29, 1.82) is 0 Å². The number of benzene rings is 2. The number of piperidine rings is 1. The summed E-state index contributed by atoms with van der Waals surface area (Å²) in [6.45, 7) is 2.25. The van der Waals surface area contributed by atoms with Crippen LogP contribution >= 0.6 is 11.6 Å². The summed E-state index contributed by atoms with van der Waals surface area (Å²) in [6.07, 6.45) is -0.768. The van der Waals surface area contributed by atoms with Gasteiger partial charge in [-0.25, -0.2) is 21.1 Å². The number of halogens is 4. The number of carbonyl (C=O) groups is 3. The van der Waals surface area contributed by atoms with Crippen LogP contribution in [0.5, 0.6) is 0 Å². The van der Waals surface area contributed by atoms with Gasteiger partial charge in [-0.3, -0.25) is 14.4 Å². The molecule has 45 heavy (non-hydrogen) atoms. The van der Waals surface area contributed by atoms with Gasteiger partial charge in [-0.2, -0.15) is 17.5 Å². The minimum Gasteiger partial charge on any atom is -0.876 e. The van der Waals surface area contributed by atoms with Gasteiger partial charge in [0.15, 0.2) is 5.78 Å². The summed E-state index contributed by atoms with van der Waals surface area (Å²) in [5.41, 5.74) is 0.724. The molecule has 17 heteroatoms. The average molecular weight is 704 g/mol. The van der Waals surface area contributed by atoms with Gasteiger partial charge >= 0.3 is 29.2 Å². The van der Waals surface area contributed by atoms with E-state index in [0.717, 1.165) is 46.6 Å². The Hall–Kier alpha value is -2.34. The topological polar surface area (TPSA) is 149 Å². The number of hydrogen-bond acceptors (Lipinski definition) is 8. The van der Waals surface area contributed by atoms with E-state index in [1.54, 1.807) is 12.1 Å². The second kappa shape index (κ2) is 17.0.